The molecule has 5 N–H and O–H groups in total. The monoisotopic (exact) mass is 297 g/mol. The number of nitrogens with one attached hydrogen (secondary N) is 1. The Bertz CT molecular complexity index is 467. The largest absolute Gasteiger partial charge is 0.461 e. The highest BCUT2D eigenvalue weighted by Crippen LogP contribution is 2.16. The molecule has 1 rings (SSSR count). The van der Waals surface area contributed by atoms with E-state index in [1.807, 2.05) is 13.8 Å². The number of hydrogen-bond donors (Lipinski definition) is 3. The van der Waals surface area contributed by atoms with Crippen molar-refractivity contribution in [3.05, 3.63) is 0 Å². The van der Waals surface area contributed by atoms with Crippen LogP contribution in [0.4, 0.5) is 11.9 Å². The Labute approximate surface area is 124 Å². The third kappa shape index (κ3) is 5.78. The molecule has 1 aromatic heterocycles. The summed E-state index contributed by atoms with van der Waals surface area (Å²) in [5.41, 5.74) is 7.63. The van der Waals surface area contributed by atoms with Gasteiger partial charge in [0.05, 0.1) is 12.6 Å². The highest BCUT2D eigenvalue weighted by Gasteiger charge is 2.16. The molecule has 0 saturated heterocycles. The molecule has 0 radical (unpaired) electrons. The lowest BCUT2D eigenvalue weighted by Crippen LogP contribution is -2.36. The van der Waals surface area contributed by atoms with Gasteiger partial charge in [-0.1, -0.05) is 13.3 Å². The predicted octanol–water partition coefficient (Wildman–Crippen LogP) is 0.0362. The average Bonchev–Trinajstić information content (AvgIpc) is 2.41. The van der Waals surface area contributed by atoms with Gasteiger partial charge in [0.2, 0.25) is 17.8 Å². The molecule has 1 amide bonds. The number of amides is 1. The van der Waals surface area contributed by atoms with Gasteiger partial charge in [0, 0.05) is 6.54 Å². The molecule has 0 aliphatic heterocycles. The number of unbranched alkanes of at least 4 members (excludes halogenated alkanes) is 1. The van der Waals surface area contributed by atoms with Crippen molar-refractivity contribution in [3.8, 4) is 6.01 Å². The summed E-state index contributed by atoms with van der Waals surface area (Å²) < 4.78 is 5.46. The van der Waals surface area contributed by atoms with E-state index < -0.39 is 5.91 Å². The standard InChI is InChI=1S/C12H23N7O2/c1-4-5-6-19(7-9(13)20)11-15-10(18-14)16-12(17-11)21-8(2)3/h8H,4-7,14H2,1-3H3,(H2,13,20)(H,15,16,17,18). The lowest BCUT2D eigenvalue weighted by Gasteiger charge is -2.21. The van der Waals surface area contributed by atoms with E-state index in [1.165, 1.54) is 0 Å². The molecule has 0 spiro atoms. The maximum atomic E-state index is 11.2. The van der Waals surface area contributed by atoms with Gasteiger partial charge in [-0.15, -0.1) is 0 Å². The molecule has 0 unspecified atom stereocenters. The molecule has 9 nitrogen and oxygen atoms in total. The maximum Gasteiger partial charge on any atom is 0.323 e. The van der Waals surface area contributed by atoms with E-state index in [9.17, 15) is 4.79 Å². The number of hydrazine groups is 1. The van der Waals surface area contributed by atoms with Crippen molar-refractivity contribution in [2.75, 3.05) is 23.4 Å². The SMILES string of the molecule is CCCCN(CC(N)=O)c1nc(NN)nc(OC(C)C)n1. The van der Waals surface area contributed by atoms with E-state index in [2.05, 4.69) is 27.3 Å². The van der Waals surface area contributed by atoms with Gasteiger partial charge in [0.15, 0.2) is 0 Å². The van der Waals surface area contributed by atoms with Gasteiger partial charge in [-0.3, -0.25) is 10.2 Å². The molecule has 1 heterocycles. The van der Waals surface area contributed by atoms with Crippen molar-refractivity contribution in [3.63, 3.8) is 0 Å². The van der Waals surface area contributed by atoms with Crippen molar-refractivity contribution in [2.24, 2.45) is 11.6 Å². The molecular weight excluding hydrogens is 274 g/mol. The van der Waals surface area contributed by atoms with Crippen LogP contribution in [0.25, 0.3) is 0 Å². The first-order valence-corrected chi connectivity index (χ1v) is 6.88. The fraction of sp³-hybridized carbons (Fsp3) is 0.667. The van der Waals surface area contributed by atoms with Crippen molar-refractivity contribution in [2.45, 2.75) is 39.7 Å². The van der Waals surface area contributed by atoms with Crippen LogP contribution in [-0.2, 0) is 4.79 Å². The molecule has 1 aromatic rings. The Morgan fingerprint density at radius 1 is 1.38 bits per heavy atom. The third-order valence-corrected chi connectivity index (χ3v) is 2.48. The molecule has 0 aliphatic carbocycles. The number of carbonyl (C=O) groups excluding carboxylic acids is 1. The molecule has 9 heteroatoms. The normalized spacial score (nSPS) is 10.5. The van der Waals surface area contributed by atoms with Gasteiger partial charge in [-0.25, -0.2) is 5.84 Å². The van der Waals surface area contributed by atoms with Crippen molar-refractivity contribution in [1.82, 2.24) is 15.0 Å². The summed E-state index contributed by atoms with van der Waals surface area (Å²) in [5.74, 6) is 5.37. The van der Waals surface area contributed by atoms with Crippen LogP contribution < -0.4 is 26.6 Å². The lowest BCUT2D eigenvalue weighted by molar-refractivity contribution is -0.116. The number of primary amides is 1. The highest BCUT2D eigenvalue weighted by molar-refractivity contribution is 5.78. The smallest absolute Gasteiger partial charge is 0.323 e. The summed E-state index contributed by atoms with van der Waals surface area (Å²) >= 11 is 0. The Morgan fingerprint density at radius 2 is 2.10 bits per heavy atom. The summed E-state index contributed by atoms with van der Waals surface area (Å²) in [6.45, 7) is 6.40. The number of nitrogen functional groups attached to an aromatic ring is 1. The molecule has 0 aromatic carbocycles. The number of hydrogen-bond acceptors (Lipinski definition) is 8. The quantitative estimate of drug-likeness (QED) is 0.430. The van der Waals surface area contributed by atoms with Crippen LogP contribution in [0.5, 0.6) is 6.01 Å². The van der Waals surface area contributed by atoms with Gasteiger partial charge in [-0.05, 0) is 20.3 Å². The summed E-state index contributed by atoms with van der Waals surface area (Å²) in [4.78, 5) is 25.2. The van der Waals surface area contributed by atoms with Crippen LogP contribution >= 0.6 is 0 Å². The third-order valence-electron chi connectivity index (χ3n) is 2.48. The average molecular weight is 297 g/mol. The lowest BCUT2D eigenvalue weighted by atomic mass is 10.3. The second-order valence-corrected chi connectivity index (χ2v) is 4.79. The summed E-state index contributed by atoms with van der Waals surface area (Å²) in [6, 6.07) is 0.147. The van der Waals surface area contributed by atoms with Crippen molar-refractivity contribution in [1.29, 1.82) is 0 Å². The second kappa shape index (κ2) is 8.20. The fourth-order valence-electron chi connectivity index (χ4n) is 1.60. The topological polar surface area (TPSA) is 132 Å². The number of ether oxygens (including phenoxy) is 1. The molecule has 0 fully saturated rings. The molecule has 21 heavy (non-hydrogen) atoms. The predicted molar refractivity (Wildman–Crippen MR) is 79.7 cm³/mol. The van der Waals surface area contributed by atoms with E-state index >= 15 is 0 Å². The minimum absolute atomic E-state index is 0.0230. The zero-order chi connectivity index (χ0) is 15.8. The number of aromatic nitrogens is 3. The number of nitrogens with zero attached hydrogens (tertiary/aromatic N) is 4. The van der Waals surface area contributed by atoms with Gasteiger partial charge in [0.25, 0.3) is 0 Å². The van der Waals surface area contributed by atoms with Crippen LogP contribution in [0.1, 0.15) is 33.6 Å². The zero-order valence-corrected chi connectivity index (χ0v) is 12.7. The highest BCUT2D eigenvalue weighted by atomic mass is 16.5. The molecule has 0 bridgehead atoms. The maximum absolute atomic E-state index is 11.2. The first-order chi connectivity index (χ1) is 9.96. The van der Waals surface area contributed by atoms with Crippen LogP contribution in [0.15, 0.2) is 0 Å². The Kier molecular flexibility index (Phi) is 6.60. The first kappa shape index (κ1) is 16.9. The van der Waals surface area contributed by atoms with E-state index in [4.69, 9.17) is 16.3 Å². The molecule has 0 saturated carbocycles. The van der Waals surface area contributed by atoms with Gasteiger partial charge >= 0.3 is 6.01 Å². The fourth-order valence-corrected chi connectivity index (χ4v) is 1.60. The zero-order valence-electron chi connectivity index (χ0n) is 12.7. The Hall–Kier alpha value is -2.16. The molecule has 0 atom stereocenters. The number of carbonyl (C=O) groups is 1. The summed E-state index contributed by atoms with van der Waals surface area (Å²) in [7, 11) is 0. The van der Waals surface area contributed by atoms with E-state index in [1.54, 1.807) is 4.90 Å². The van der Waals surface area contributed by atoms with Crippen LogP contribution in [0.3, 0.4) is 0 Å². The first-order valence-electron chi connectivity index (χ1n) is 6.88. The Balaban J connectivity index is 3.06. The van der Waals surface area contributed by atoms with E-state index in [-0.39, 0.29) is 24.6 Å². The van der Waals surface area contributed by atoms with Gasteiger partial charge in [-0.2, -0.15) is 15.0 Å². The summed E-state index contributed by atoms with van der Waals surface area (Å²) in [5, 5.41) is 0. The van der Waals surface area contributed by atoms with Gasteiger partial charge in [0.1, 0.15) is 0 Å². The van der Waals surface area contributed by atoms with Crippen LogP contribution in [-0.4, -0.2) is 40.1 Å². The second-order valence-electron chi connectivity index (χ2n) is 4.79. The van der Waals surface area contributed by atoms with Crippen LogP contribution in [0, 0.1) is 0 Å². The number of anilines is 2. The molecular formula is C12H23N7O2. The number of rotatable bonds is 9. The minimum Gasteiger partial charge on any atom is -0.461 e. The van der Waals surface area contributed by atoms with Crippen LogP contribution in [0.2, 0.25) is 0 Å². The van der Waals surface area contributed by atoms with E-state index in [0.717, 1.165) is 12.8 Å². The van der Waals surface area contributed by atoms with Crippen molar-refractivity contribution < 1.29 is 9.53 Å². The summed E-state index contributed by atoms with van der Waals surface area (Å²) in [6.07, 6.45) is 1.76. The number of nitrogens with two attached hydrogens (primary N) is 2. The molecule has 0 aliphatic rings. The van der Waals surface area contributed by atoms with Gasteiger partial charge < -0.3 is 15.4 Å². The van der Waals surface area contributed by atoms with Crippen molar-refractivity contribution >= 4 is 17.8 Å². The van der Waals surface area contributed by atoms with E-state index in [0.29, 0.717) is 12.5 Å². The minimum atomic E-state index is -0.458. The Morgan fingerprint density at radius 3 is 2.62 bits per heavy atom. The molecule has 118 valence electrons.